The highest BCUT2D eigenvalue weighted by atomic mass is 16.5. The predicted molar refractivity (Wildman–Crippen MR) is 79.5 cm³/mol. The smallest absolute Gasteiger partial charge is 0.163 e. The predicted octanol–water partition coefficient (Wildman–Crippen LogP) is 2.00. The second kappa shape index (κ2) is 7.01. The summed E-state index contributed by atoms with van der Waals surface area (Å²) in [6.07, 6.45) is 3.72. The van der Waals surface area contributed by atoms with Gasteiger partial charge in [-0.05, 0) is 40.2 Å². The normalized spacial score (nSPS) is 20.4. The molecule has 2 rings (SSSR count). The summed E-state index contributed by atoms with van der Waals surface area (Å²) in [4.78, 5) is 2.40. The summed E-state index contributed by atoms with van der Waals surface area (Å²) in [5.41, 5.74) is -0.228. The lowest BCUT2D eigenvalue weighted by atomic mass is 9.90. The van der Waals surface area contributed by atoms with Gasteiger partial charge in [0.25, 0.3) is 0 Å². The van der Waals surface area contributed by atoms with Gasteiger partial charge in [-0.2, -0.15) is 5.26 Å². The van der Waals surface area contributed by atoms with E-state index in [2.05, 4.69) is 28.1 Å². The number of rotatable bonds is 6. The zero-order valence-electron chi connectivity index (χ0n) is 13.2. The number of nitriles is 1. The fourth-order valence-corrected chi connectivity index (χ4v) is 2.62. The first-order valence-corrected chi connectivity index (χ1v) is 7.68. The molecule has 0 aliphatic carbocycles. The molecule has 1 aromatic heterocycles. The van der Waals surface area contributed by atoms with E-state index in [1.165, 1.54) is 0 Å². The summed E-state index contributed by atoms with van der Waals surface area (Å²) in [6.45, 7) is 10.5. The molecule has 1 aliphatic heterocycles. The molecule has 1 atom stereocenters. The number of nitrogens with zero attached hydrogens (tertiary/aromatic N) is 5. The highest BCUT2D eigenvalue weighted by molar-refractivity contribution is 4.95. The van der Waals surface area contributed by atoms with Gasteiger partial charge in [-0.15, -0.1) is 10.2 Å². The maximum Gasteiger partial charge on any atom is 0.163 e. The Labute approximate surface area is 126 Å². The van der Waals surface area contributed by atoms with Crippen molar-refractivity contribution in [2.24, 2.45) is 5.41 Å². The first-order valence-electron chi connectivity index (χ1n) is 7.68. The van der Waals surface area contributed by atoms with Crippen molar-refractivity contribution in [2.45, 2.75) is 46.3 Å². The maximum atomic E-state index is 9.05. The minimum absolute atomic E-state index is 0.00479. The first kappa shape index (κ1) is 15.9. The van der Waals surface area contributed by atoms with Crippen LogP contribution < -0.4 is 0 Å². The van der Waals surface area contributed by atoms with Gasteiger partial charge < -0.3 is 9.30 Å². The summed E-state index contributed by atoms with van der Waals surface area (Å²) < 4.78 is 7.88. The summed E-state index contributed by atoms with van der Waals surface area (Å²) in [5.74, 6) is 0.916. The number of aryl methyl sites for hydroxylation is 1. The van der Waals surface area contributed by atoms with Crippen molar-refractivity contribution in [3.05, 3.63) is 12.2 Å². The molecular formula is C15H25N5O. The van der Waals surface area contributed by atoms with Gasteiger partial charge in [-0.25, -0.2) is 0 Å². The first-order chi connectivity index (χ1) is 10.1. The molecule has 0 saturated carbocycles. The van der Waals surface area contributed by atoms with Crippen LogP contribution in [0.25, 0.3) is 0 Å². The molecule has 2 heterocycles. The Morgan fingerprint density at radius 1 is 1.52 bits per heavy atom. The molecule has 1 saturated heterocycles. The van der Waals surface area contributed by atoms with Crippen LogP contribution in [0.15, 0.2) is 6.33 Å². The third-order valence-electron chi connectivity index (χ3n) is 4.00. The van der Waals surface area contributed by atoms with Crippen LogP contribution in [0.5, 0.6) is 0 Å². The van der Waals surface area contributed by atoms with Gasteiger partial charge in [-0.3, -0.25) is 4.90 Å². The van der Waals surface area contributed by atoms with Crippen molar-refractivity contribution in [3.63, 3.8) is 0 Å². The molecule has 1 fully saturated rings. The van der Waals surface area contributed by atoms with Gasteiger partial charge in [0.1, 0.15) is 12.4 Å². The zero-order chi connectivity index (χ0) is 15.3. The molecule has 0 N–H and O–H groups in total. The topological polar surface area (TPSA) is 67.0 Å². The molecule has 116 valence electrons. The molecule has 0 spiro atoms. The maximum absolute atomic E-state index is 9.05. The van der Waals surface area contributed by atoms with E-state index in [1.807, 2.05) is 18.4 Å². The van der Waals surface area contributed by atoms with Gasteiger partial charge in [0.05, 0.1) is 18.1 Å². The third kappa shape index (κ3) is 4.26. The van der Waals surface area contributed by atoms with Crippen molar-refractivity contribution in [2.75, 3.05) is 26.2 Å². The van der Waals surface area contributed by atoms with Crippen LogP contribution in [0.2, 0.25) is 0 Å². The molecule has 21 heavy (non-hydrogen) atoms. The van der Waals surface area contributed by atoms with Crippen molar-refractivity contribution in [3.8, 4) is 6.07 Å². The minimum atomic E-state index is -0.228. The molecule has 0 unspecified atom stereocenters. The fraction of sp³-hybridized carbons (Fsp3) is 0.800. The second-order valence-corrected chi connectivity index (χ2v) is 6.23. The van der Waals surface area contributed by atoms with Gasteiger partial charge >= 0.3 is 0 Å². The lowest BCUT2D eigenvalue weighted by molar-refractivity contribution is -0.0367. The van der Waals surface area contributed by atoms with Crippen molar-refractivity contribution in [1.29, 1.82) is 5.26 Å². The Kier molecular flexibility index (Phi) is 5.32. The van der Waals surface area contributed by atoms with E-state index in [1.54, 1.807) is 6.33 Å². The van der Waals surface area contributed by atoms with Crippen molar-refractivity contribution >= 4 is 0 Å². The van der Waals surface area contributed by atoms with Crippen LogP contribution >= 0.6 is 0 Å². The van der Waals surface area contributed by atoms with Gasteiger partial charge in [0, 0.05) is 19.6 Å². The monoisotopic (exact) mass is 291 g/mol. The molecule has 6 heteroatoms. The number of aromatic nitrogens is 3. The Balaban J connectivity index is 1.85. The summed E-state index contributed by atoms with van der Waals surface area (Å²) in [7, 11) is 0. The Morgan fingerprint density at radius 2 is 2.33 bits per heavy atom. The average Bonchev–Trinajstić information content (AvgIpc) is 2.96. The van der Waals surface area contributed by atoms with E-state index in [4.69, 9.17) is 10.00 Å². The Bertz CT molecular complexity index is 490. The number of hydrogen-bond acceptors (Lipinski definition) is 5. The largest absolute Gasteiger partial charge is 0.368 e. The highest BCUT2D eigenvalue weighted by Gasteiger charge is 2.26. The summed E-state index contributed by atoms with van der Waals surface area (Å²) in [5, 5.41) is 17.2. The SMILES string of the molecule is CCn1cnnc1[C@H]1CN(CCCC(C)(C)C#N)CCO1. The molecule has 1 aromatic rings. The summed E-state index contributed by atoms with van der Waals surface area (Å²) in [6, 6.07) is 2.36. The number of morpholine rings is 1. The second-order valence-electron chi connectivity index (χ2n) is 6.23. The van der Waals surface area contributed by atoms with E-state index >= 15 is 0 Å². The quantitative estimate of drug-likeness (QED) is 0.802. The Hall–Kier alpha value is -1.45. The van der Waals surface area contributed by atoms with E-state index in [0.29, 0.717) is 0 Å². The van der Waals surface area contributed by atoms with Crippen LogP contribution in [-0.2, 0) is 11.3 Å². The van der Waals surface area contributed by atoms with Gasteiger partial charge in [0.2, 0.25) is 0 Å². The van der Waals surface area contributed by atoms with Crippen LogP contribution in [0, 0.1) is 16.7 Å². The van der Waals surface area contributed by atoms with Crippen LogP contribution in [0.3, 0.4) is 0 Å². The van der Waals surface area contributed by atoms with E-state index in [-0.39, 0.29) is 11.5 Å². The van der Waals surface area contributed by atoms with Gasteiger partial charge in [0.15, 0.2) is 5.82 Å². The van der Waals surface area contributed by atoms with Crippen LogP contribution in [0.1, 0.15) is 45.5 Å². The molecule has 0 radical (unpaired) electrons. The van der Waals surface area contributed by atoms with Crippen LogP contribution in [-0.4, -0.2) is 45.9 Å². The molecule has 0 aromatic carbocycles. The summed E-state index contributed by atoms with van der Waals surface area (Å²) >= 11 is 0. The van der Waals surface area contributed by atoms with E-state index < -0.39 is 0 Å². The molecule has 0 bridgehead atoms. The average molecular weight is 291 g/mol. The number of ether oxygens (including phenoxy) is 1. The lowest BCUT2D eigenvalue weighted by Gasteiger charge is -2.32. The van der Waals surface area contributed by atoms with E-state index in [9.17, 15) is 0 Å². The molecule has 6 nitrogen and oxygen atoms in total. The standard InChI is InChI=1S/C15H25N5O/c1-4-20-12-17-18-14(20)13-10-19(8-9-21-13)7-5-6-15(2,3)11-16/h12-13H,4-10H2,1-3H3/t13-/m1/s1. The fourth-order valence-electron chi connectivity index (χ4n) is 2.62. The minimum Gasteiger partial charge on any atom is -0.368 e. The van der Waals surface area contributed by atoms with E-state index in [0.717, 1.165) is 51.5 Å². The molecule has 1 aliphatic rings. The molecular weight excluding hydrogens is 266 g/mol. The van der Waals surface area contributed by atoms with Crippen molar-refractivity contribution < 1.29 is 4.74 Å². The zero-order valence-corrected chi connectivity index (χ0v) is 13.2. The van der Waals surface area contributed by atoms with Crippen molar-refractivity contribution in [1.82, 2.24) is 19.7 Å². The Morgan fingerprint density at radius 3 is 3.05 bits per heavy atom. The highest BCUT2D eigenvalue weighted by Crippen LogP contribution is 2.23. The third-order valence-corrected chi connectivity index (χ3v) is 4.00. The number of hydrogen-bond donors (Lipinski definition) is 0. The van der Waals surface area contributed by atoms with Gasteiger partial charge in [-0.1, -0.05) is 0 Å². The molecule has 0 amide bonds. The lowest BCUT2D eigenvalue weighted by Crippen LogP contribution is -2.39. The van der Waals surface area contributed by atoms with Crippen LogP contribution in [0.4, 0.5) is 0 Å².